The third kappa shape index (κ3) is 2.09. The van der Waals surface area contributed by atoms with Gasteiger partial charge in [0, 0.05) is 29.9 Å². The zero-order valence-corrected chi connectivity index (χ0v) is 10.3. The summed E-state index contributed by atoms with van der Waals surface area (Å²) in [5, 5.41) is 19.1. The zero-order chi connectivity index (χ0) is 13.3. The van der Waals surface area contributed by atoms with Crippen LogP contribution in [0.2, 0.25) is 0 Å². The molecule has 0 fully saturated rings. The maximum Gasteiger partial charge on any atom is 0.161 e. The van der Waals surface area contributed by atoms with Crippen molar-refractivity contribution in [1.29, 1.82) is 0 Å². The molecule has 0 atom stereocenters. The number of Topliss-reactive ketones (excluding diaryl/α,β-unsaturated/α-hetero) is 1. The smallest absolute Gasteiger partial charge is 0.161 e. The summed E-state index contributed by atoms with van der Waals surface area (Å²) >= 11 is 0. The maximum absolute atomic E-state index is 11.4. The number of rotatable bonds is 3. The number of carbonyl (C=O) groups is 1. The molecule has 1 aromatic heterocycles. The molecule has 0 saturated heterocycles. The van der Waals surface area contributed by atoms with E-state index in [9.17, 15) is 15.0 Å². The molecular weight excluding hydrogens is 230 g/mol. The highest BCUT2D eigenvalue weighted by atomic mass is 16.3. The van der Waals surface area contributed by atoms with Gasteiger partial charge in [-0.15, -0.1) is 0 Å². The maximum atomic E-state index is 11.4. The Kier molecular flexibility index (Phi) is 3.10. The number of hydrogen-bond donors (Lipinski definition) is 2. The number of ketones is 1. The number of aromatic hydroxyl groups is 2. The molecule has 4 heteroatoms. The Balaban J connectivity index is 2.58. The lowest BCUT2D eigenvalue weighted by Gasteiger charge is -2.08. The van der Waals surface area contributed by atoms with E-state index in [4.69, 9.17) is 0 Å². The van der Waals surface area contributed by atoms with Crippen molar-refractivity contribution in [2.45, 2.75) is 20.4 Å². The topological polar surface area (TPSA) is 62.5 Å². The lowest BCUT2D eigenvalue weighted by Crippen LogP contribution is -1.95. The second kappa shape index (κ2) is 4.56. The highest BCUT2D eigenvalue weighted by Gasteiger charge is 2.13. The second-order valence-corrected chi connectivity index (χ2v) is 4.16. The molecule has 2 rings (SSSR count). The van der Waals surface area contributed by atoms with Crippen LogP contribution < -0.4 is 0 Å². The molecule has 1 heterocycles. The average molecular weight is 245 g/mol. The summed E-state index contributed by atoms with van der Waals surface area (Å²) in [6.07, 6.45) is 1.77. The van der Waals surface area contributed by atoms with Crippen molar-refractivity contribution in [3.63, 3.8) is 0 Å². The number of aryl methyl sites for hydroxylation is 1. The number of carbonyl (C=O) groups excluding carboxylic acids is 1. The van der Waals surface area contributed by atoms with Gasteiger partial charge in [0.15, 0.2) is 5.78 Å². The van der Waals surface area contributed by atoms with Gasteiger partial charge in [-0.2, -0.15) is 0 Å². The molecule has 2 N–H and O–H groups in total. The number of aromatic nitrogens is 1. The Bertz CT molecular complexity index is 599. The Hall–Kier alpha value is -2.23. The minimum atomic E-state index is -0.0123. The van der Waals surface area contributed by atoms with Crippen LogP contribution >= 0.6 is 0 Å². The first-order chi connectivity index (χ1) is 8.52. The minimum absolute atomic E-state index is 0.00194. The molecule has 0 unspecified atom stereocenters. The molecule has 0 aliphatic heterocycles. The average Bonchev–Trinajstić information content (AvgIpc) is 2.73. The third-order valence-electron chi connectivity index (χ3n) is 2.90. The van der Waals surface area contributed by atoms with E-state index < -0.39 is 0 Å². The fourth-order valence-corrected chi connectivity index (χ4v) is 1.93. The van der Waals surface area contributed by atoms with E-state index in [2.05, 4.69) is 0 Å². The van der Waals surface area contributed by atoms with Gasteiger partial charge in [0.25, 0.3) is 0 Å². The van der Waals surface area contributed by atoms with Crippen molar-refractivity contribution in [2.75, 3.05) is 0 Å². The number of hydrogen-bond acceptors (Lipinski definition) is 3. The van der Waals surface area contributed by atoms with Gasteiger partial charge in [-0.25, -0.2) is 0 Å². The van der Waals surface area contributed by atoms with Gasteiger partial charge in [0.1, 0.15) is 11.5 Å². The molecular formula is C14H15NO3. The monoisotopic (exact) mass is 245 g/mol. The molecule has 0 aliphatic rings. The van der Waals surface area contributed by atoms with Crippen LogP contribution in [-0.4, -0.2) is 20.6 Å². The van der Waals surface area contributed by atoms with Crippen molar-refractivity contribution in [3.8, 4) is 22.8 Å². The molecule has 1 aromatic carbocycles. The van der Waals surface area contributed by atoms with Gasteiger partial charge >= 0.3 is 0 Å². The highest BCUT2D eigenvalue weighted by molar-refractivity contribution is 5.95. The number of benzene rings is 1. The molecule has 0 amide bonds. The fraction of sp³-hybridized carbons (Fsp3) is 0.214. The molecule has 2 aromatic rings. The summed E-state index contributed by atoms with van der Waals surface area (Å²) in [5.74, 6) is -0.00253. The minimum Gasteiger partial charge on any atom is -0.508 e. The summed E-state index contributed by atoms with van der Waals surface area (Å²) in [5.41, 5.74) is 1.97. The first kappa shape index (κ1) is 12.2. The van der Waals surface area contributed by atoms with Crippen LogP contribution in [0, 0.1) is 0 Å². The van der Waals surface area contributed by atoms with Crippen molar-refractivity contribution >= 4 is 5.78 Å². The van der Waals surface area contributed by atoms with Crippen LogP contribution in [0.3, 0.4) is 0 Å². The fourth-order valence-electron chi connectivity index (χ4n) is 1.93. The molecule has 0 spiro atoms. The Morgan fingerprint density at radius 1 is 1.28 bits per heavy atom. The van der Waals surface area contributed by atoms with Crippen molar-refractivity contribution in [3.05, 3.63) is 36.0 Å². The van der Waals surface area contributed by atoms with E-state index in [0.29, 0.717) is 17.7 Å². The largest absolute Gasteiger partial charge is 0.508 e. The summed E-state index contributed by atoms with van der Waals surface area (Å²) in [6, 6.07) is 6.18. The molecule has 0 aliphatic carbocycles. The standard InChI is InChI=1S/C14H15NO3/c1-3-15-8-10(9(2)16)6-13(15)12-5-4-11(17)7-14(12)18/h4-8,17-18H,3H2,1-2H3. The number of phenols is 2. The van der Waals surface area contributed by atoms with E-state index in [1.807, 2.05) is 11.5 Å². The first-order valence-corrected chi connectivity index (χ1v) is 5.76. The van der Waals surface area contributed by atoms with E-state index in [-0.39, 0.29) is 17.3 Å². The number of phenolic OH excluding ortho intramolecular Hbond substituents is 2. The van der Waals surface area contributed by atoms with E-state index in [1.54, 1.807) is 18.3 Å². The van der Waals surface area contributed by atoms with Gasteiger partial charge in [-0.3, -0.25) is 4.79 Å². The molecule has 18 heavy (non-hydrogen) atoms. The first-order valence-electron chi connectivity index (χ1n) is 5.76. The van der Waals surface area contributed by atoms with Gasteiger partial charge in [0.2, 0.25) is 0 Å². The van der Waals surface area contributed by atoms with Crippen molar-refractivity contribution in [2.24, 2.45) is 0 Å². The Morgan fingerprint density at radius 3 is 2.56 bits per heavy atom. The summed E-state index contributed by atoms with van der Waals surface area (Å²) < 4.78 is 1.89. The lowest BCUT2D eigenvalue weighted by atomic mass is 10.1. The van der Waals surface area contributed by atoms with Crippen LogP contribution in [0.1, 0.15) is 24.2 Å². The zero-order valence-electron chi connectivity index (χ0n) is 10.3. The summed E-state index contributed by atoms with van der Waals surface area (Å²) in [4.78, 5) is 11.4. The SMILES string of the molecule is CCn1cc(C(C)=O)cc1-c1ccc(O)cc1O. The number of nitrogens with zero attached hydrogens (tertiary/aromatic N) is 1. The van der Waals surface area contributed by atoms with Crippen LogP contribution in [0.15, 0.2) is 30.5 Å². The summed E-state index contributed by atoms with van der Waals surface area (Å²) in [6.45, 7) is 4.17. The predicted octanol–water partition coefficient (Wildman–Crippen LogP) is 2.79. The van der Waals surface area contributed by atoms with Gasteiger partial charge < -0.3 is 14.8 Å². The lowest BCUT2D eigenvalue weighted by molar-refractivity contribution is 0.101. The quantitative estimate of drug-likeness (QED) is 0.817. The van der Waals surface area contributed by atoms with Gasteiger partial charge in [-0.1, -0.05) is 0 Å². The van der Waals surface area contributed by atoms with Crippen LogP contribution in [0.25, 0.3) is 11.3 Å². The Labute approximate surface area is 105 Å². The van der Waals surface area contributed by atoms with Gasteiger partial charge in [-0.05, 0) is 32.0 Å². The molecule has 0 radical (unpaired) electrons. The molecule has 0 saturated carbocycles. The van der Waals surface area contributed by atoms with Crippen LogP contribution in [0.5, 0.6) is 11.5 Å². The highest BCUT2D eigenvalue weighted by Crippen LogP contribution is 2.33. The van der Waals surface area contributed by atoms with Crippen molar-refractivity contribution in [1.82, 2.24) is 4.57 Å². The normalized spacial score (nSPS) is 10.6. The summed E-state index contributed by atoms with van der Waals surface area (Å²) in [7, 11) is 0. The van der Waals surface area contributed by atoms with Gasteiger partial charge in [0.05, 0.1) is 5.69 Å². The van der Waals surface area contributed by atoms with Crippen LogP contribution in [-0.2, 0) is 6.54 Å². The molecule has 4 nitrogen and oxygen atoms in total. The molecule has 94 valence electrons. The Morgan fingerprint density at radius 2 is 2.00 bits per heavy atom. The van der Waals surface area contributed by atoms with E-state index in [1.165, 1.54) is 19.1 Å². The second-order valence-electron chi connectivity index (χ2n) is 4.16. The van der Waals surface area contributed by atoms with Crippen molar-refractivity contribution < 1.29 is 15.0 Å². The molecule has 0 bridgehead atoms. The van der Waals surface area contributed by atoms with E-state index in [0.717, 1.165) is 5.69 Å². The third-order valence-corrected chi connectivity index (χ3v) is 2.90. The van der Waals surface area contributed by atoms with E-state index >= 15 is 0 Å². The van der Waals surface area contributed by atoms with Crippen LogP contribution in [0.4, 0.5) is 0 Å². The predicted molar refractivity (Wildman–Crippen MR) is 68.9 cm³/mol.